The van der Waals surface area contributed by atoms with Gasteiger partial charge in [0.05, 0.1) is 12.5 Å². The van der Waals surface area contributed by atoms with Gasteiger partial charge in [0.25, 0.3) is 0 Å². The van der Waals surface area contributed by atoms with Gasteiger partial charge in [0.15, 0.2) is 0 Å². The molecule has 0 bridgehead atoms. The molecular formula is C20H30N4O3. The molecule has 1 aromatic heterocycles. The molecule has 1 aromatic rings. The predicted molar refractivity (Wildman–Crippen MR) is 101 cm³/mol. The lowest BCUT2D eigenvalue weighted by molar-refractivity contribution is -0.138. The fraction of sp³-hybridized carbons (Fsp3) is 0.700. The lowest BCUT2D eigenvalue weighted by Crippen LogP contribution is -2.47. The van der Waals surface area contributed by atoms with Gasteiger partial charge in [0, 0.05) is 51.0 Å². The third-order valence-electron chi connectivity index (χ3n) is 5.52. The normalized spacial score (nSPS) is 19.7. The Labute approximate surface area is 160 Å². The second kappa shape index (κ2) is 9.26. The van der Waals surface area contributed by atoms with Crippen LogP contribution in [0.15, 0.2) is 0 Å². The molecule has 27 heavy (non-hydrogen) atoms. The number of carbonyl (C=O) groups is 2. The van der Waals surface area contributed by atoms with E-state index in [1.165, 1.54) is 24.1 Å². The summed E-state index contributed by atoms with van der Waals surface area (Å²) >= 11 is 0. The highest BCUT2D eigenvalue weighted by molar-refractivity contribution is 5.83. The number of nitrogens with one attached hydrogen (secondary N) is 1. The van der Waals surface area contributed by atoms with Gasteiger partial charge < -0.3 is 15.0 Å². The van der Waals surface area contributed by atoms with Crippen molar-refractivity contribution in [3.8, 4) is 0 Å². The summed E-state index contributed by atoms with van der Waals surface area (Å²) in [6.45, 7) is 4.10. The number of aryl methyl sites for hydroxylation is 2. The number of likely N-dealkylation sites (tertiary alicyclic amines) is 1. The fourth-order valence-electron chi connectivity index (χ4n) is 3.94. The standard InChI is InChI=1S/C20H30N4O3/c1-14-16-5-3-4-6-17(16)23-18(22-14)9-10-21-20(26)15-7-8-19(25)24(13-15)11-12-27-2/h15H,3-13H2,1-2H3,(H,21,26)/t15-/m1/s1. The minimum Gasteiger partial charge on any atom is -0.383 e. The van der Waals surface area contributed by atoms with Gasteiger partial charge in [-0.2, -0.15) is 0 Å². The zero-order valence-corrected chi connectivity index (χ0v) is 16.4. The van der Waals surface area contributed by atoms with E-state index >= 15 is 0 Å². The second-order valence-corrected chi connectivity index (χ2v) is 7.47. The molecule has 0 spiro atoms. The molecule has 0 unspecified atom stereocenters. The Morgan fingerprint density at radius 3 is 2.89 bits per heavy atom. The predicted octanol–water partition coefficient (Wildman–Crippen LogP) is 1.21. The zero-order chi connectivity index (χ0) is 19.2. The molecule has 0 aromatic carbocycles. The summed E-state index contributed by atoms with van der Waals surface area (Å²) in [6, 6.07) is 0. The monoisotopic (exact) mass is 374 g/mol. The maximum atomic E-state index is 12.5. The molecule has 0 radical (unpaired) electrons. The fourth-order valence-corrected chi connectivity index (χ4v) is 3.94. The number of piperidine rings is 1. The Hall–Kier alpha value is -2.02. The maximum absolute atomic E-state index is 12.5. The Bertz CT molecular complexity index is 692. The van der Waals surface area contributed by atoms with Crippen molar-refractivity contribution in [1.29, 1.82) is 0 Å². The molecule has 7 heteroatoms. The van der Waals surface area contributed by atoms with Gasteiger partial charge in [-0.1, -0.05) is 0 Å². The minimum absolute atomic E-state index is 0.0135. The van der Waals surface area contributed by atoms with Gasteiger partial charge in [-0.15, -0.1) is 0 Å². The van der Waals surface area contributed by atoms with Crippen molar-refractivity contribution in [1.82, 2.24) is 20.2 Å². The average Bonchev–Trinajstić information content (AvgIpc) is 2.67. The third kappa shape index (κ3) is 5.03. The largest absolute Gasteiger partial charge is 0.383 e. The summed E-state index contributed by atoms with van der Waals surface area (Å²) in [5.74, 6) is 0.786. The number of ether oxygens (including phenoxy) is 1. The number of hydrogen-bond acceptors (Lipinski definition) is 5. The van der Waals surface area contributed by atoms with Gasteiger partial charge in [0.1, 0.15) is 5.82 Å². The van der Waals surface area contributed by atoms with E-state index in [1.807, 2.05) is 0 Å². The molecule has 1 aliphatic carbocycles. The van der Waals surface area contributed by atoms with Crippen LogP contribution in [0.4, 0.5) is 0 Å². The van der Waals surface area contributed by atoms with Crippen LogP contribution in [-0.2, 0) is 33.6 Å². The highest BCUT2D eigenvalue weighted by atomic mass is 16.5. The van der Waals surface area contributed by atoms with E-state index in [2.05, 4.69) is 17.2 Å². The summed E-state index contributed by atoms with van der Waals surface area (Å²) in [5.41, 5.74) is 3.59. The first-order valence-corrected chi connectivity index (χ1v) is 9.98. The van der Waals surface area contributed by atoms with Crippen molar-refractivity contribution in [3.63, 3.8) is 0 Å². The van der Waals surface area contributed by atoms with Gasteiger partial charge in [-0.3, -0.25) is 9.59 Å². The number of nitrogens with zero attached hydrogens (tertiary/aromatic N) is 3. The number of methoxy groups -OCH3 is 1. The second-order valence-electron chi connectivity index (χ2n) is 7.47. The Morgan fingerprint density at radius 1 is 1.26 bits per heavy atom. The average molecular weight is 374 g/mol. The van der Waals surface area contributed by atoms with E-state index in [0.29, 0.717) is 45.5 Å². The highest BCUT2D eigenvalue weighted by Gasteiger charge is 2.29. The van der Waals surface area contributed by atoms with Crippen LogP contribution in [0.3, 0.4) is 0 Å². The first-order chi connectivity index (χ1) is 13.1. The highest BCUT2D eigenvalue weighted by Crippen LogP contribution is 2.22. The molecule has 0 saturated carbocycles. The lowest BCUT2D eigenvalue weighted by Gasteiger charge is -2.31. The van der Waals surface area contributed by atoms with Crippen molar-refractivity contribution in [2.75, 3.05) is 33.4 Å². The summed E-state index contributed by atoms with van der Waals surface area (Å²) < 4.78 is 5.04. The molecule has 2 aliphatic rings. The SMILES string of the molecule is COCCN1C[C@H](C(=O)NCCc2nc(C)c3c(n2)CCCC3)CCC1=O. The van der Waals surface area contributed by atoms with Gasteiger partial charge in [0.2, 0.25) is 11.8 Å². The van der Waals surface area contributed by atoms with Gasteiger partial charge >= 0.3 is 0 Å². The lowest BCUT2D eigenvalue weighted by atomic mass is 9.95. The molecule has 2 amide bonds. The number of amides is 2. The number of aromatic nitrogens is 2. The van der Waals surface area contributed by atoms with Crippen LogP contribution in [0.25, 0.3) is 0 Å². The molecule has 1 saturated heterocycles. The van der Waals surface area contributed by atoms with Crippen molar-refractivity contribution in [2.24, 2.45) is 5.92 Å². The van der Waals surface area contributed by atoms with Crippen LogP contribution >= 0.6 is 0 Å². The van der Waals surface area contributed by atoms with Gasteiger partial charge in [-0.25, -0.2) is 9.97 Å². The van der Waals surface area contributed by atoms with Crippen molar-refractivity contribution in [3.05, 3.63) is 22.8 Å². The topological polar surface area (TPSA) is 84.4 Å². The molecule has 1 fully saturated rings. The minimum atomic E-state index is -0.147. The molecular weight excluding hydrogens is 344 g/mol. The third-order valence-corrected chi connectivity index (χ3v) is 5.52. The molecule has 1 N–H and O–H groups in total. The van der Waals surface area contributed by atoms with Gasteiger partial charge in [-0.05, 0) is 44.6 Å². The van der Waals surface area contributed by atoms with Crippen LogP contribution < -0.4 is 5.32 Å². The molecule has 7 nitrogen and oxygen atoms in total. The number of rotatable bonds is 7. The molecule has 3 rings (SSSR count). The molecule has 148 valence electrons. The van der Waals surface area contributed by atoms with Crippen LogP contribution in [0.1, 0.15) is 48.5 Å². The Morgan fingerprint density at radius 2 is 2.07 bits per heavy atom. The van der Waals surface area contributed by atoms with E-state index in [9.17, 15) is 9.59 Å². The van der Waals surface area contributed by atoms with Crippen molar-refractivity contribution >= 4 is 11.8 Å². The summed E-state index contributed by atoms with van der Waals surface area (Å²) in [6.07, 6.45) is 6.21. The summed E-state index contributed by atoms with van der Waals surface area (Å²) in [4.78, 5) is 35.5. The number of fused-ring (bicyclic) bond motifs is 1. The number of hydrogen-bond donors (Lipinski definition) is 1. The smallest absolute Gasteiger partial charge is 0.224 e. The number of carbonyl (C=O) groups excluding carboxylic acids is 2. The quantitative estimate of drug-likeness (QED) is 0.775. The van der Waals surface area contributed by atoms with Crippen molar-refractivity contribution in [2.45, 2.75) is 51.9 Å². The van der Waals surface area contributed by atoms with Crippen LogP contribution in [0.2, 0.25) is 0 Å². The van der Waals surface area contributed by atoms with E-state index in [1.54, 1.807) is 12.0 Å². The molecule has 1 atom stereocenters. The Kier molecular flexibility index (Phi) is 6.77. The van der Waals surface area contributed by atoms with Crippen molar-refractivity contribution < 1.29 is 14.3 Å². The molecule has 1 aliphatic heterocycles. The Balaban J connectivity index is 1.49. The van der Waals surface area contributed by atoms with E-state index in [-0.39, 0.29) is 17.7 Å². The van der Waals surface area contributed by atoms with E-state index in [0.717, 1.165) is 24.4 Å². The van der Waals surface area contributed by atoms with Crippen LogP contribution in [0.5, 0.6) is 0 Å². The molecule has 2 heterocycles. The van der Waals surface area contributed by atoms with E-state index < -0.39 is 0 Å². The first kappa shape index (κ1) is 19.7. The summed E-state index contributed by atoms with van der Waals surface area (Å²) in [7, 11) is 1.61. The summed E-state index contributed by atoms with van der Waals surface area (Å²) in [5, 5.41) is 3.00. The first-order valence-electron chi connectivity index (χ1n) is 9.98. The van der Waals surface area contributed by atoms with E-state index in [4.69, 9.17) is 9.72 Å². The van der Waals surface area contributed by atoms with Crippen LogP contribution in [0, 0.1) is 12.8 Å². The zero-order valence-electron chi connectivity index (χ0n) is 16.4. The van der Waals surface area contributed by atoms with Crippen LogP contribution in [-0.4, -0.2) is 60.0 Å². The maximum Gasteiger partial charge on any atom is 0.224 e.